The Balaban J connectivity index is 2.02. The molecule has 1 aromatic heterocycles. The van der Waals surface area contributed by atoms with E-state index in [4.69, 9.17) is 4.74 Å². The maximum absolute atomic E-state index is 12.4. The van der Waals surface area contributed by atoms with Gasteiger partial charge in [-0.3, -0.25) is 0 Å². The van der Waals surface area contributed by atoms with E-state index in [1.807, 2.05) is 12.1 Å². The first kappa shape index (κ1) is 15.1. The Morgan fingerprint density at radius 2 is 2.15 bits per heavy atom. The molecule has 0 bridgehead atoms. The van der Waals surface area contributed by atoms with E-state index in [2.05, 4.69) is 26.2 Å². The lowest BCUT2D eigenvalue weighted by atomic mass is 10.2. The zero-order valence-corrected chi connectivity index (χ0v) is 12.7. The van der Waals surface area contributed by atoms with Gasteiger partial charge in [0.2, 0.25) is 0 Å². The molecule has 0 saturated heterocycles. The van der Waals surface area contributed by atoms with E-state index in [9.17, 15) is 13.2 Å². The second-order valence-corrected chi connectivity index (χ2v) is 5.73. The number of hydrogen-bond acceptors (Lipinski definition) is 4. The van der Waals surface area contributed by atoms with Gasteiger partial charge >= 0.3 is 6.18 Å². The predicted molar refractivity (Wildman–Crippen MR) is 75.1 cm³/mol. The van der Waals surface area contributed by atoms with Crippen LogP contribution in [0.1, 0.15) is 10.4 Å². The molecule has 0 unspecified atom stereocenters. The summed E-state index contributed by atoms with van der Waals surface area (Å²) >= 11 is 3.94. The van der Waals surface area contributed by atoms with Gasteiger partial charge in [0.15, 0.2) is 5.13 Å². The number of rotatable bonds is 4. The van der Waals surface area contributed by atoms with E-state index >= 15 is 0 Å². The molecule has 0 radical (unpaired) electrons. The number of nitrogens with zero attached hydrogens (tertiary/aromatic N) is 1. The summed E-state index contributed by atoms with van der Waals surface area (Å²) in [5.74, 6) is 0.697. The van der Waals surface area contributed by atoms with E-state index < -0.39 is 11.1 Å². The molecule has 108 valence electrons. The van der Waals surface area contributed by atoms with Crippen molar-refractivity contribution in [2.45, 2.75) is 12.7 Å². The quantitative estimate of drug-likeness (QED) is 0.861. The molecule has 0 aliphatic heterocycles. The van der Waals surface area contributed by atoms with Crippen LogP contribution in [0.15, 0.2) is 28.9 Å². The van der Waals surface area contributed by atoms with Gasteiger partial charge < -0.3 is 10.1 Å². The maximum atomic E-state index is 12.4. The van der Waals surface area contributed by atoms with Gasteiger partial charge in [0, 0.05) is 6.54 Å². The van der Waals surface area contributed by atoms with E-state index in [-0.39, 0.29) is 5.13 Å². The molecule has 2 rings (SSSR count). The Kier molecular flexibility index (Phi) is 4.54. The average Bonchev–Trinajstić information content (AvgIpc) is 2.85. The minimum atomic E-state index is -4.35. The van der Waals surface area contributed by atoms with Crippen LogP contribution in [0.3, 0.4) is 0 Å². The van der Waals surface area contributed by atoms with Gasteiger partial charge in [0.05, 0.1) is 17.8 Å². The van der Waals surface area contributed by atoms with E-state index in [0.717, 1.165) is 16.2 Å². The van der Waals surface area contributed by atoms with Crippen LogP contribution >= 0.6 is 27.3 Å². The third-order valence-electron chi connectivity index (χ3n) is 2.45. The molecule has 0 fully saturated rings. The minimum absolute atomic E-state index is 0.240. The molecule has 1 heterocycles. The number of anilines is 1. The molecule has 8 heteroatoms. The van der Waals surface area contributed by atoms with E-state index in [1.165, 1.54) is 0 Å². The van der Waals surface area contributed by atoms with Crippen molar-refractivity contribution in [3.8, 4) is 5.75 Å². The molecule has 20 heavy (non-hydrogen) atoms. The van der Waals surface area contributed by atoms with Crippen molar-refractivity contribution in [2.24, 2.45) is 0 Å². The fourth-order valence-corrected chi connectivity index (χ4v) is 2.75. The molecule has 0 saturated carbocycles. The number of hydrogen-bond donors (Lipinski definition) is 1. The van der Waals surface area contributed by atoms with Crippen molar-refractivity contribution in [1.29, 1.82) is 0 Å². The summed E-state index contributed by atoms with van der Waals surface area (Å²) in [5, 5.41) is 3.10. The molecule has 0 spiro atoms. The van der Waals surface area contributed by atoms with E-state index in [0.29, 0.717) is 23.6 Å². The molecule has 1 aromatic carbocycles. The van der Waals surface area contributed by atoms with Crippen LogP contribution in [0.4, 0.5) is 18.3 Å². The van der Waals surface area contributed by atoms with Crippen LogP contribution < -0.4 is 10.1 Å². The molecule has 3 nitrogen and oxygen atoms in total. The zero-order chi connectivity index (χ0) is 14.8. The lowest BCUT2D eigenvalue weighted by Gasteiger charge is -2.07. The number of aromatic nitrogens is 1. The van der Waals surface area contributed by atoms with Crippen LogP contribution in [-0.2, 0) is 12.7 Å². The highest BCUT2D eigenvalue weighted by molar-refractivity contribution is 9.10. The molecule has 2 aromatic rings. The second-order valence-electron chi connectivity index (χ2n) is 3.85. The lowest BCUT2D eigenvalue weighted by Crippen LogP contribution is -2.01. The number of halogens is 4. The van der Waals surface area contributed by atoms with Gasteiger partial charge in [-0.15, -0.1) is 0 Å². The Hall–Kier alpha value is -1.28. The van der Waals surface area contributed by atoms with Crippen LogP contribution in [0.25, 0.3) is 0 Å². The van der Waals surface area contributed by atoms with Crippen LogP contribution in [0.5, 0.6) is 5.75 Å². The molecule has 0 atom stereocenters. The molecular formula is C12H10BrF3N2OS. The summed E-state index contributed by atoms with van der Waals surface area (Å²) in [5.41, 5.74) is 0.904. The van der Waals surface area contributed by atoms with Crippen molar-refractivity contribution < 1.29 is 17.9 Å². The SMILES string of the molecule is COc1ccc(CNc2ncc(C(F)(F)F)s2)cc1Br. The number of benzene rings is 1. The molecule has 0 aliphatic carbocycles. The van der Waals surface area contributed by atoms with Crippen molar-refractivity contribution >= 4 is 32.4 Å². The first-order valence-corrected chi connectivity index (χ1v) is 7.10. The van der Waals surface area contributed by atoms with Crippen molar-refractivity contribution in [1.82, 2.24) is 4.98 Å². The normalized spacial score (nSPS) is 11.4. The second kappa shape index (κ2) is 6.01. The van der Waals surface area contributed by atoms with Gasteiger partial charge in [-0.2, -0.15) is 13.2 Å². The fraction of sp³-hybridized carbons (Fsp3) is 0.250. The molecular weight excluding hydrogens is 357 g/mol. The number of nitrogens with one attached hydrogen (secondary N) is 1. The van der Waals surface area contributed by atoms with Crippen LogP contribution in [-0.4, -0.2) is 12.1 Å². The third-order valence-corrected chi connectivity index (χ3v) is 4.06. The lowest BCUT2D eigenvalue weighted by molar-refractivity contribution is -0.134. The third kappa shape index (κ3) is 3.63. The highest BCUT2D eigenvalue weighted by Crippen LogP contribution is 2.35. The Morgan fingerprint density at radius 3 is 2.70 bits per heavy atom. The number of methoxy groups -OCH3 is 1. The molecule has 1 N–H and O–H groups in total. The standard InChI is InChI=1S/C12H10BrF3N2OS/c1-19-9-3-2-7(4-8(9)13)5-17-11-18-6-10(20-11)12(14,15)16/h2-4,6H,5H2,1H3,(H,17,18). The van der Waals surface area contributed by atoms with Gasteiger partial charge in [0.1, 0.15) is 10.6 Å². The average molecular weight is 367 g/mol. The van der Waals surface area contributed by atoms with Crippen LogP contribution in [0.2, 0.25) is 0 Å². The fourth-order valence-electron chi connectivity index (χ4n) is 1.48. The van der Waals surface area contributed by atoms with Gasteiger partial charge in [0.25, 0.3) is 0 Å². The summed E-state index contributed by atoms with van der Waals surface area (Å²) in [6.07, 6.45) is -3.52. The smallest absolute Gasteiger partial charge is 0.427 e. The predicted octanol–water partition coefficient (Wildman–Crippen LogP) is 4.55. The van der Waals surface area contributed by atoms with E-state index in [1.54, 1.807) is 13.2 Å². The van der Waals surface area contributed by atoms with Gasteiger partial charge in [-0.25, -0.2) is 4.98 Å². The van der Waals surface area contributed by atoms with Crippen LogP contribution in [0, 0.1) is 0 Å². The Morgan fingerprint density at radius 1 is 1.40 bits per heavy atom. The largest absolute Gasteiger partial charge is 0.496 e. The summed E-state index contributed by atoms with van der Waals surface area (Å²) in [6, 6.07) is 5.45. The topological polar surface area (TPSA) is 34.1 Å². The Labute approximate surface area is 125 Å². The number of ether oxygens (including phenoxy) is 1. The molecule has 0 amide bonds. The Bertz CT molecular complexity index is 601. The van der Waals surface area contributed by atoms with Gasteiger partial charge in [-0.05, 0) is 33.6 Å². The zero-order valence-electron chi connectivity index (χ0n) is 10.3. The monoisotopic (exact) mass is 366 g/mol. The number of alkyl halides is 3. The maximum Gasteiger partial charge on any atom is 0.427 e. The first-order chi connectivity index (χ1) is 9.40. The summed E-state index contributed by atoms with van der Waals surface area (Å²) in [7, 11) is 1.56. The van der Waals surface area contributed by atoms with Crippen molar-refractivity contribution in [3.63, 3.8) is 0 Å². The van der Waals surface area contributed by atoms with Crippen molar-refractivity contribution in [2.75, 3.05) is 12.4 Å². The highest BCUT2D eigenvalue weighted by atomic mass is 79.9. The first-order valence-electron chi connectivity index (χ1n) is 5.49. The summed E-state index contributed by atoms with van der Waals surface area (Å²) in [4.78, 5) is 2.99. The highest BCUT2D eigenvalue weighted by Gasteiger charge is 2.33. The van der Waals surface area contributed by atoms with Crippen molar-refractivity contribution in [3.05, 3.63) is 39.3 Å². The number of thiazole rings is 1. The van der Waals surface area contributed by atoms with Gasteiger partial charge in [-0.1, -0.05) is 17.4 Å². The summed E-state index contributed by atoms with van der Waals surface area (Å²) in [6.45, 7) is 0.382. The summed E-state index contributed by atoms with van der Waals surface area (Å²) < 4.78 is 43.2. The molecule has 0 aliphatic rings. The minimum Gasteiger partial charge on any atom is -0.496 e.